The molecule has 0 bridgehead atoms. The first-order valence-electron chi connectivity index (χ1n) is 7.10. The molecular weight excluding hydrogens is 266 g/mol. The lowest BCUT2D eigenvalue weighted by atomic mass is 10.00. The van der Waals surface area contributed by atoms with Crippen molar-refractivity contribution in [2.24, 2.45) is 0 Å². The highest BCUT2D eigenvalue weighted by Gasteiger charge is 2.20. The quantitative estimate of drug-likeness (QED) is 0.817. The van der Waals surface area contributed by atoms with Gasteiger partial charge in [-0.15, -0.1) is 0 Å². The molecule has 2 N–H and O–H groups in total. The summed E-state index contributed by atoms with van der Waals surface area (Å²) >= 11 is 0. The summed E-state index contributed by atoms with van der Waals surface area (Å²) in [5.41, 5.74) is 0.830. The fourth-order valence-corrected chi connectivity index (χ4v) is 2.17. The second-order valence-corrected chi connectivity index (χ2v) is 5.79. The van der Waals surface area contributed by atoms with Crippen LogP contribution in [0.5, 0.6) is 0 Å². The van der Waals surface area contributed by atoms with Crippen LogP contribution in [0.3, 0.4) is 0 Å². The predicted molar refractivity (Wildman–Crippen MR) is 81.6 cm³/mol. The summed E-state index contributed by atoms with van der Waals surface area (Å²) in [4.78, 5) is 8.47. The Hall–Kier alpha value is -1.79. The molecule has 2 aromatic heterocycles. The van der Waals surface area contributed by atoms with Crippen molar-refractivity contribution in [1.29, 1.82) is 0 Å². The highest BCUT2D eigenvalue weighted by Crippen LogP contribution is 2.16. The lowest BCUT2D eigenvalue weighted by Gasteiger charge is -2.26. The number of H-pyrrole nitrogens is 1. The van der Waals surface area contributed by atoms with Crippen LogP contribution < -0.4 is 5.32 Å². The van der Waals surface area contributed by atoms with E-state index in [-0.39, 0.29) is 5.60 Å². The van der Waals surface area contributed by atoms with E-state index in [1.807, 2.05) is 12.1 Å². The minimum Gasteiger partial charge on any atom is -0.379 e. The average Bonchev–Trinajstić information content (AvgIpc) is 2.95. The minimum absolute atomic E-state index is 0.129. The van der Waals surface area contributed by atoms with E-state index in [9.17, 15) is 0 Å². The Morgan fingerprint density at radius 3 is 2.71 bits per heavy atom. The van der Waals surface area contributed by atoms with Gasteiger partial charge in [0.25, 0.3) is 0 Å². The molecule has 0 aliphatic heterocycles. The zero-order chi connectivity index (χ0) is 15.3. The maximum absolute atomic E-state index is 5.44. The van der Waals surface area contributed by atoms with E-state index in [1.165, 1.54) is 0 Å². The van der Waals surface area contributed by atoms with Crippen molar-refractivity contribution in [3.05, 3.63) is 30.4 Å². The zero-order valence-electron chi connectivity index (χ0n) is 13.1. The van der Waals surface area contributed by atoms with Crippen LogP contribution in [-0.4, -0.2) is 38.9 Å². The van der Waals surface area contributed by atoms with E-state index in [0.29, 0.717) is 18.4 Å². The van der Waals surface area contributed by atoms with E-state index >= 15 is 0 Å². The van der Waals surface area contributed by atoms with Crippen molar-refractivity contribution in [2.45, 2.75) is 45.4 Å². The summed E-state index contributed by atoms with van der Waals surface area (Å²) < 4.78 is 5.44. The highest BCUT2D eigenvalue weighted by atomic mass is 16.5. The number of aromatic amines is 1. The molecule has 0 aliphatic rings. The summed E-state index contributed by atoms with van der Waals surface area (Å²) in [5.74, 6) is 1.52. The molecule has 114 valence electrons. The van der Waals surface area contributed by atoms with E-state index in [4.69, 9.17) is 4.74 Å². The van der Waals surface area contributed by atoms with Gasteiger partial charge < -0.3 is 10.1 Å². The standard InChI is InChI=1S/C15H23N5O/c1-11(9-15(2,3)21-4)17-10-13-18-14(20-19-13)12-5-7-16-8-6-12/h5-8,11,17H,9-10H2,1-4H3,(H,18,19,20)/t11-/m0/s1. The Kier molecular flexibility index (Phi) is 5.03. The molecule has 0 spiro atoms. The Morgan fingerprint density at radius 2 is 2.05 bits per heavy atom. The molecule has 0 saturated carbocycles. The molecule has 0 saturated heterocycles. The van der Waals surface area contributed by atoms with Crippen LogP contribution in [0.1, 0.15) is 33.0 Å². The molecule has 0 unspecified atom stereocenters. The summed E-state index contributed by atoms with van der Waals surface area (Å²) in [6, 6.07) is 4.11. The van der Waals surface area contributed by atoms with Crippen LogP contribution in [0.25, 0.3) is 11.4 Å². The molecule has 0 radical (unpaired) electrons. The molecule has 6 nitrogen and oxygen atoms in total. The normalized spacial score (nSPS) is 13.3. The third-order valence-electron chi connectivity index (χ3n) is 3.44. The van der Waals surface area contributed by atoms with Gasteiger partial charge in [0.1, 0.15) is 5.82 Å². The Morgan fingerprint density at radius 1 is 1.33 bits per heavy atom. The molecule has 2 aromatic rings. The minimum atomic E-state index is -0.129. The molecular formula is C15H23N5O. The summed E-state index contributed by atoms with van der Waals surface area (Å²) in [5, 5.41) is 10.6. The van der Waals surface area contributed by atoms with Gasteiger partial charge in [0, 0.05) is 31.1 Å². The van der Waals surface area contributed by atoms with Crippen molar-refractivity contribution in [3.63, 3.8) is 0 Å². The van der Waals surface area contributed by atoms with Crippen molar-refractivity contribution < 1.29 is 4.74 Å². The van der Waals surface area contributed by atoms with Gasteiger partial charge in [-0.1, -0.05) is 0 Å². The highest BCUT2D eigenvalue weighted by molar-refractivity contribution is 5.52. The molecule has 0 aliphatic carbocycles. The Labute approximate surface area is 125 Å². The molecule has 6 heteroatoms. The van der Waals surface area contributed by atoms with E-state index in [0.717, 1.165) is 17.8 Å². The van der Waals surface area contributed by atoms with Crippen LogP contribution in [-0.2, 0) is 11.3 Å². The molecule has 2 heterocycles. The topological polar surface area (TPSA) is 75.7 Å². The van der Waals surface area contributed by atoms with Gasteiger partial charge in [0.2, 0.25) is 0 Å². The second kappa shape index (κ2) is 6.78. The largest absolute Gasteiger partial charge is 0.379 e. The number of aromatic nitrogens is 4. The summed E-state index contributed by atoms with van der Waals surface area (Å²) in [6.45, 7) is 6.96. The number of ether oxygens (including phenoxy) is 1. The fourth-order valence-electron chi connectivity index (χ4n) is 2.17. The number of hydrogen-bond acceptors (Lipinski definition) is 5. The molecule has 1 atom stereocenters. The van der Waals surface area contributed by atoms with Crippen LogP contribution in [0.2, 0.25) is 0 Å². The van der Waals surface area contributed by atoms with Crippen molar-refractivity contribution >= 4 is 0 Å². The van der Waals surface area contributed by atoms with Crippen molar-refractivity contribution in [3.8, 4) is 11.4 Å². The zero-order valence-corrected chi connectivity index (χ0v) is 13.1. The first-order chi connectivity index (χ1) is 10.00. The number of methoxy groups -OCH3 is 1. The first kappa shape index (κ1) is 15.6. The Balaban J connectivity index is 1.89. The third-order valence-corrected chi connectivity index (χ3v) is 3.44. The summed E-state index contributed by atoms with van der Waals surface area (Å²) in [7, 11) is 1.74. The van der Waals surface area contributed by atoms with Gasteiger partial charge in [-0.3, -0.25) is 10.1 Å². The summed E-state index contributed by atoms with van der Waals surface area (Å²) in [6.07, 6.45) is 4.39. The second-order valence-electron chi connectivity index (χ2n) is 5.79. The van der Waals surface area contributed by atoms with Crippen LogP contribution in [0, 0.1) is 0 Å². The molecule has 0 amide bonds. The molecule has 21 heavy (non-hydrogen) atoms. The van der Waals surface area contributed by atoms with Crippen molar-refractivity contribution in [1.82, 2.24) is 25.5 Å². The number of nitrogens with one attached hydrogen (secondary N) is 2. The molecule has 2 rings (SSSR count). The van der Waals surface area contributed by atoms with Gasteiger partial charge >= 0.3 is 0 Å². The van der Waals surface area contributed by atoms with Gasteiger partial charge in [-0.25, -0.2) is 4.98 Å². The maximum Gasteiger partial charge on any atom is 0.181 e. The van der Waals surface area contributed by atoms with Gasteiger partial charge in [0.05, 0.1) is 12.1 Å². The van der Waals surface area contributed by atoms with Gasteiger partial charge in [-0.2, -0.15) is 5.10 Å². The SMILES string of the molecule is COC(C)(C)C[C@H](C)NCc1nc(-c2ccncc2)n[nH]1. The smallest absolute Gasteiger partial charge is 0.181 e. The van der Waals surface area contributed by atoms with Crippen LogP contribution in [0.15, 0.2) is 24.5 Å². The lowest BCUT2D eigenvalue weighted by molar-refractivity contribution is 0.00839. The van der Waals surface area contributed by atoms with Crippen molar-refractivity contribution in [2.75, 3.05) is 7.11 Å². The van der Waals surface area contributed by atoms with E-state index in [2.05, 4.69) is 46.3 Å². The molecule has 0 fully saturated rings. The van der Waals surface area contributed by atoms with Crippen LogP contribution in [0.4, 0.5) is 0 Å². The lowest BCUT2D eigenvalue weighted by Crippen LogP contribution is -2.35. The fraction of sp³-hybridized carbons (Fsp3) is 0.533. The van der Waals surface area contributed by atoms with E-state index < -0.39 is 0 Å². The number of rotatable bonds is 7. The Bertz CT molecular complexity index is 552. The van der Waals surface area contributed by atoms with Gasteiger partial charge in [-0.05, 0) is 39.3 Å². The number of hydrogen-bond donors (Lipinski definition) is 2. The third kappa shape index (κ3) is 4.61. The van der Waals surface area contributed by atoms with Crippen LogP contribution >= 0.6 is 0 Å². The monoisotopic (exact) mass is 289 g/mol. The maximum atomic E-state index is 5.44. The number of nitrogens with zero attached hydrogens (tertiary/aromatic N) is 3. The first-order valence-corrected chi connectivity index (χ1v) is 7.10. The number of pyridine rings is 1. The molecule has 0 aromatic carbocycles. The van der Waals surface area contributed by atoms with E-state index in [1.54, 1.807) is 19.5 Å². The van der Waals surface area contributed by atoms with Gasteiger partial charge in [0.15, 0.2) is 5.82 Å². The predicted octanol–water partition coefficient (Wildman–Crippen LogP) is 2.16. The average molecular weight is 289 g/mol.